The van der Waals surface area contributed by atoms with Crippen LogP contribution >= 0.6 is 0 Å². The van der Waals surface area contributed by atoms with E-state index in [9.17, 15) is 35.5 Å². The fourth-order valence-electron chi connectivity index (χ4n) is 2.56. The van der Waals surface area contributed by atoms with Gasteiger partial charge < -0.3 is 9.11 Å². The molecule has 134 valence electrons. The van der Waals surface area contributed by atoms with E-state index in [-0.39, 0.29) is 22.3 Å². The molecule has 0 aromatic heterocycles. The van der Waals surface area contributed by atoms with Crippen molar-refractivity contribution in [1.82, 2.24) is 0 Å². The van der Waals surface area contributed by atoms with E-state index >= 15 is 0 Å². The number of hydrogen-bond donors (Lipinski definition) is 0. The quantitative estimate of drug-likeness (QED) is 0.426. The third-order valence-electron chi connectivity index (χ3n) is 3.75. The molecule has 0 heterocycles. The van der Waals surface area contributed by atoms with Gasteiger partial charge in [0.2, 0.25) is 0 Å². The van der Waals surface area contributed by atoms with Crippen LogP contribution in [-0.2, 0) is 20.2 Å². The van der Waals surface area contributed by atoms with Crippen molar-refractivity contribution in [3.05, 3.63) is 64.7 Å². The lowest BCUT2D eigenvalue weighted by molar-refractivity contribution is 0.0990. The van der Waals surface area contributed by atoms with E-state index in [1.54, 1.807) is 12.1 Å². The predicted molar refractivity (Wildman–Crippen MR) is 85.4 cm³/mol. The summed E-state index contributed by atoms with van der Waals surface area (Å²) in [6.45, 7) is 0. The number of carbonyl (C=O) groups excluding carboxylic acids is 2. The summed E-state index contributed by atoms with van der Waals surface area (Å²) in [6.07, 6.45) is 0.899. The zero-order valence-corrected chi connectivity index (χ0v) is 14.3. The monoisotopic (exact) mass is 392 g/mol. The molecule has 0 N–H and O–H groups in total. The Morgan fingerprint density at radius 1 is 0.769 bits per heavy atom. The Morgan fingerprint density at radius 2 is 1.31 bits per heavy atom. The lowest BCUT2D eigenvalue weighted by Gasteiger charge is -2.14. The molecule has 0 spiro atoms. The van der Waals surface area contributed by atoms with Crippen LogP contribution in [0.2, 0.25) is 0 Å². The summed E-state index contributed by atoms with van der Waals surface area (Å²) in [5.74, 6) is -1.30. The van der Waals surface area contributed by atoms with Crippen molar-refractivity contribution in [2.24, 2.45) is 0 Å². The van der Waals surface area contributed by atoms with Gasteiger partial charge in [-0.15, -0.1) is 0 Å². The second kappa shape index (κ2) is 5.95. The highest BCUT2D eigenvalue weighted by atomic mass is 32.2. The maximum Gasteiger partial charge on any atom is 0.197 e. The molecular weight excluding hydrogens is 384 g/mol. The van der Waals surface area contributed by atoms with Gasteiger partial charge in [-0.1, -0.05) is 30.3 Å². The molecule has 1 aliphatic rings. The average Bonchev–Trinajstić information content (AvgIpc) is 2.79. The van der Waals surface area contributed by atoms with Crippen LogP contribution < -0.4 is 0 Å². The number of rotatable bonds is 3. The van der Waals surface area contributed by atoms with Gasteiger partial charge in [0.05, 0.1) is 15.4 Å². The lowest BCUT2D eigenvalue weighted by atomic mass is 10.1. The van der Waals surface area contributed by atoms with Crippen molar-refractivity contribution in [2.75, 3.05) is 0 Å². The van der Waals surface area contributed by atoms with Crippen molar-refractivity contribution >= 4 is 37.9 Å². The van der Waals surface area contributed by atoms with E-state index in [1.807, 2.05) is 0 Å². The number of hydrogen-bond acceptors (Lipinski definition) is 8. The molecule has 0 saturated heterocycles. The topological polar surface area (TPSA) is 149 Å². The van der Waals surface area contributed by atoms with Gasteiger partial charge in [0.1, 0.15) is 20.2 Å². The SMILES string of the molecule is O=C1C(=Cc2ccc(S(=O)(=O)[O-])cc2S(=O)(=O)[O-])C(=O)c2ccccc21. The van der Waals surface area contributed by atoms with E-state index in [0.29, 0.717) is 6.07 Å². The Bertz CT molecular complexity index is 1170. The van der Waals surface area contributed by atoms with E-state index in [2.05, 4.69) is 0 Å². The largest absolute Gasteiger partial charge is 0.744 e. The maximum absolute atomic E-state index is 12.3. The molecule has 8 nitrogen and oxygen atoms in total. The maximum atomic E-state index is 12.3. The van der Waals surface area contributed by atoms with Crippen LogP contribution in [0.15, 0.2) is 57.8 Å². The molecule has 0 amide bonds. The predicted octanol–water partition coefficient (Wildman–Crippen LogP) is 0.957. The fraction of sp³-hybridized carbons (Fsp3) is 0. The molecule has 0 radical (unpaired) electrons. The highest BCUT2D eigenvalue weighted by molar-refractivity contribution is 7.86. The van der Waals surface area contributed by atoms with Crippen molar-refractivity contribution in [1.29, 1.82) is 0 Å². The number of allylic oxidation sites excluding steroid dienone is 1. The Kier molecular flexibility index (Phi) is 4.15. The Labute approximate surface area is 148 Å². The van der Waals surface area contributed by atoms with Gasteiger partial charge in [-0.25, -0.2) is 16.8 Å². The van der Waals surface area contributed by atoms with Crippen molar-refractivity contribution in [3.8, 4) is 0 Å². The van der Waals surface area contributed by atoms with Crippen LogP contribution in [0.25, 0.3) is 6.08 Å². The van der Waals surface area contributed by atoms with Crippen LogP contribution in [0.5, 0.6) is 0 Å². The van der Waals surface area contributed by atoms with Gasteiger partial charge in [0.25, 0.3) is 0 Å². The van der Waals surface area contributed by atoms with Crippen molar-refractivity contribution in [2.45, 2.75) is 9.79 Å². The zero-order valence-electron chi connectivity index (χ0n) is 12.7. The molecule has 10 heteroatoms. The van der Waals surface area contributed by atoms with Crippen LogP contribution in [0.1, 0.15) is 26.3 Å². The molecule has 3 rings (SSSR count). The van der Waals surface area contributed by atoms with E-state index in [0.717, 1.165) is 18.2 Å². The molecule has 2 aromatic rings. The molecule has 2 aromatic carbocycles. The molecule has 0 aliphatic heterocycles. The van der Waals surface area contributed by atoms with Crippen molar-refractivity contribution < 1.29 is 35.5 Å². The molecule has 0 bridgehead atoms. The minimum absolute atomic E-state index is 0.133. The summed E-state index contributed by atoms with van der Waals surface area (Å²) in [4.78, 5) is 22.7. The van der Waals surface area contributed by atoms with Crippen LogP contribution in [0, 0.1) is 0 Å². The summed E-state index contributed by atoms with van der Waals surface area (Å²) in [5.41, 5.74) is -0.464. The molecule has 0 atom stereocenters. The number of carbonyl (C=O) groups is 2. The zero-order chi connectivity index (χ0) is 19.3. The van der Waals surface area contributed by atoms with Gasteiger partial charge in [-0.2, -0.15) is 0 Å². The van der Waals surface area contributed by atoms with Gasteiger partial charge in [-0.05, 0) is 23.8 Å². The fourth-order valence-corrected chi connectivity index (χ4v) is 3.82. The first-order valence-electron chi connectivity index (χ1n) is 6.96. The van der Waals surface area contributed by atoms with Gasteiger partial charge in [0.15, 0.2) is 11.6 Å². The first-order valence-corrected chi connectivity index (χ1v) is 9.78. The molecule has 26 heavy (non-hydrogen) atoms. The van der Waals surface area contributed by atoms with Gasteiger partial charge >= 0.3 is 0 Å². The average molecular weight is 392 g/mol. The first kappa shape index (κ1) is 18.1. The van der Waals surface area contributed by atoms with E-state index in [1.165, 1.54) is 12.1 Å². The second-order valence-corrected chi connectivity index (χ2v) is 8.10. The highest BCUT2D eigenvalue weighted by Crippen LogP contribution is 2.30. The minimum atomic E-state index is -5.18. The molecule has 0 saturated carbocycles. The number of fused-ring (bicyclic) bond motifs is 1. The molecule has 0 fully saturated rings. The van der Waals surface area contributed by atoms with Gasteiger partial charge in [0, 0.05) is 11.1 Å². The number of Topliss-reactive ketones (excluding diaryl/α,β-unsaturated/α-hetero) is 2. The van der Waals surface area contributed by atoms with Gasteiger partial charge in [-0.3, -0.25) is 9.59 Å². The second-order valence-electron chi connectivity index (χ2n) is 5.37. The summed E-state index contributed by atoms with van der Waals surface area (Å²) < 4.78 is 67.4. The minimum Gasteiger partial charge on any atom is -0.744 e. The summed E-state index contributed by atoms with van der Waals surface area (Å²) in [5, 5.41) is 0. The highest BCUT2D eigenvalue weighted by Gasteiger charge is 2.32. The van der Waals surface area contributed by atoms with Crippen LogP contribution in [0.4, 0.5) is 0 Å². The van der Waals surface area contributed by atoms with Crippen molar-refractivity contribution in [3.63, 3.8) is 0 Å². The first-order chi connectivity index (χ1) is 12.0. The Hall–Kier alpha value is -2.66. The number of benzene rings is 2. The molecule has 0 unspecified atom stereocenters. The summed E-state index contributed by atoms with van der Waals surface area (Å²) in [7, 11) is -10.2. The van der Waals surface area contributed by atoms with E-state index in [4.69, 9.17) is 0 Å². The third-order valence-corrected chi connectivity index (χ3v) is 5.47. The van der Waals surface area contributed by atoms with E-state index < -0.39 is 41.6 Å². The summed E-state index contributed by atoms with van der Waals surface area (Å²) in [6, 6.07) is 8.03. The molecule has 1 aliphatic carbocycles. The Balaban J connectivity index is 2.22. The standard InChI is InChI=1S/C16H10O8S2/c17-15-11-3-1-2-4-12(11)16(18)13(15)7-9-5-6-10(25(19,20)21)8-14(9)26(22,23)24/h1-8H,(H,19,20,21)(H,22,23,24)/p-2. The number of ketones is 2. The Morgan fingerprint density at radius 3 is 1.77 bits per heavy atom. The normalized spacial score (nSPS) is 14.5. The summed E-state index contributed by atoms with van der Waals surface area (Å²) >= 11 is 0. The van der Waals surface area contributed by atoms with Crippen LogP contribution in [-0.4, -0.2) is 37.5 Å². The molecular formula is C16H8O8S2-2. The van der Waals surface area contributed by atoms with Crippen LogP contribution in [0.3, 0.4) is 0 Å². The third kappa shape index (κ3) is 3.10. The smallest absolute Gasteiger partial charge is 0.197 e. The lowest BCUT2D eigenvalue weighted by Crippen LogP contribution is -2.07.